The van der Waals surface area contributed by atoms with Crippen LogP contribution in [0, 0.1) is 0 Å². The molecular formula is C19H20ClN3O2. The molecule has 0 aliphatic carbocycles. The van der Waals surface area contributed by atoms with E-state index in [9.17, 15) is 4.79 Å². The number of benzene rings is 1. The Hall–Kier alpha value is -2.37. The number of halogens is 1. The molecule has 1 aliphatic heterocycles. The molecule has 2 aromatic rings. The Balaban J connectivity index is 1.54. The van der Waals surface area contributed by atoms with Crippen LogP contribution in [0.3, 0.4) is 0 Å². The van der Waals surface area contributed by atoms with Crippen molar-refractivity contribution >= 4 is 29.5 Å². The van der Waals surface area contributed by atoms with Crippen LogP contribution in [0.4, 0.5) is 5.82 Å². The van der Waals surface area contributed by atoms with Crippen molar-refractivity contribution in [2.24, 2.45) is 0 Å². The van der Waals surface area contributed by atoms with Crippen LogP contribution >= 0.6 is 11.6 Å². The number of aromatic nitrogens is 1. The second-order valence-corrected chi connectivity index (χ2v) is 6.31. The van der Waals surface area contributed by atoms with Crippen LogP contribution < -0.4 is 4.90 Å². The smallest absolute Gasteiger partial charge is 0.356 e. The Labute approximate surface area is 152 Å². The molecule has 25 heavy (non-hydrogen) atoms. The molecule has 1 aliphatic rings. The van der Waals surface area contributed by atoms with Gasteiger partial charge in [-0.3, -0.25) is 4.90 Å². The number of carbonyl (C=O) groups is 1. The molecular weight excluding hydrogens is 338 g/mol. The molecule has 6 heteroatoms. The molecule has 0 amide bonds. The normalized spacial score (nSPS) is 15.6. The molecule has 0 unspecified atom stereocenters. The summed E-state index contributed by atoms with van der Waals surface area (Å²) in [5, 5.41) is 9.31. The van der Waals surface area contributed by atoms with Crippen molar-refractivity contribution in [2.45, 2.75) is 0 Å². The van der Waals surface area contributed by atoms with Crippen molar-refractivity contribution in [2.75, 3.05) is 37.6 Å². The van der Waals surface area contributed by atoms with Gasteiger partial charge in [0.15, 0.2) is 5.69 Å². The van der Waals surface area contributed by atoms with Gasteiger partial charge in [-0.1, -0.05) is 54.1 Å². The standard InChI is InChI=1S/C19H20ClN3O2/c20-16-8-9-17(21-18(16)19(24)25)23-13-11-22(12-14-23)10-4-7-15-5-2-1-3-6-15/h1-9H,10-14H2,(H,24,25)/b7-4+. The number of hydrogen-bond acceptors (Lipinski definition) is 4. The van der Waals surface area contributed by atoms with E-state index in [-0.39, 0.29) is 10.7 Å². The van der Waals surface area contributed by atoms with Gasteiger partial charge < -0.3 is 10.0 Å². The predicted octanol–water partition coefficient (Wildman–Crippen LogP) is 3.27. The van der Waals surface area contributed by atoms with Gasteiger partial charge in [0, 0.05) is 32.7 Å². The van der Waals surface area contributed by atoms with E-state index in [0.717, 1.165) is 32.7 Å². The minimum absolute atomic E-state index is 0.0904. The monoisotopic (exact) mass is 357 g/mol. The lowest BCUT2D eigenvalue weighted by atomic mass is 10.2. The van der Waals surface area contributed by atoms with Crippen molar-refractivity contribution in [1.29, 1.82) is 0 Å². The van der Waals surface area contributed by atoms with Gasteiger partial charge in [-0.25, -0.2) is 9.78 Å². The highest BCUT2D eigenvalue weighted by molar-refractivity contribution is 6.33. The van der Waals surface area contributed by atoms with Crippen LogP contribution in [0.25, 0.3) is 6.08 Å². The van der Waals surface area contributed by atoms with Crippen LogP contribution in [-0.2, 0) is 0 Å². The molecule has 1 N–H and O–H groups in total. The second kappa shape index (κ2) is 8.14. The molecule has 1 saturated heterocycles. The third kappa shape index (κ3) is 4.59. The van der Waals surface area contributed by atoms with Crippen molar-refractivity contribution < 1.29 is 9.90 Å². The lowest BCUT2D eigenvalue weighted by molar-refractivity contribution is 0.0691. The second-order valence-electron chi connectivity index (χ2n) is 5.91. The molecule has 1 aromatic carbocycles. The summed E-state index contributed by atoms with van der Waals surface area (Å²) in [6, 6.07) is 13.6. The van der Waals surface area contributed by atoms with Crippen LogP contribution in [-0.4, -0.2) is 53.7 Å². The molecule has 0 bridgehead atoms. The van der Waals surface area contributed by atoms with Crippen LogP contribution in [0.5, 0.6) is 0 Å². The van der Waals surface area contributed by atoms with Gasteiger partial charge in [-0.05, 0) is 17.7 Å². The summed E-state index contributed by atoms with van der Waals surface area (Å²) in [7, 11) is 0. The van der Waals surface area contributed by atoms with E-state index in [1.54, 1.807) is 12.1 Å². The minimum Gasteiger partial charge on any atom is -0.476 e. The molecule has 1 fully saturated rings. The number of hydrogen-bond donors (Lipinski definition) is 1. The molecule has 3 rings (SSSR count). The van der Waals surface area contributed by atoms with E-state index >= 15 is 0 Å². The first-order valence-electron chi connectivity index (χ1n) is 8.22. The third-order valence-electron chi connectivity index (χ3n) is 4.20. The Morgan fingerprint density at radius 1 is 1.12 bits per heavy atom. The van der Waals surface area contributed by atoms with E-state index in [2.05, 4.69) is 39.1 Å². The van der Waals surface area contributed by atoms with E-state index in [0.29, 0.717) is 5.82 Å². The zero-order valence-corrected chi connectivity index (χ0v) is 14.6. The lowest BCUT2D eigenvalue weighted by Crippen LogP contribution is -2.46. The maximum absolute atomic E-state index is 11.2. The average molecular weight is 358 g/mol. The van der Waals surface area contributed by atoms with E-state index in [4.69, 9.17) is 16.7 Å². The maximum Gasteiger partial charge on any atom is 0.356 e. The quantitative estimate of drug-likeness (QED) is 0.890. The summed E-state index contributed by atoms with van der Waals surface area (Å²) in [6.45, 7) is 4.34. The Kier molecular flexibility index (Phi) is 5.68. The number of rotatable bonds is 5. The minimum atomic E-state index is -1.10. The van der Waals surface area contributed by atoms with Crippen LogP contribution in [0.1, 0.15) is 16.1 Å². The summed E-state index contributed by atoms with van der Waals surface area (Å²) in [5.41, 5.74) is 1.11. The number of carboxylic acid groups (broad SMARTS) is 1. The summed E-state index contributed by atoms with van der Waals surface area (Å²) in [4.78, 5) is 19.8. The molecule has 0 spiro atoms. The van der Waals surface area contributed by atoms with Crippen molar-refractivity contribution in [3.05, 3.63) is 64.8 Å². The average Bonchev–Trinajstić information content (AvgIpc) is 2.63. The Morgan fingerprint density at radius 2 is 1.84 bits per heavy atom. The van der Waals surface area contributed by atoms with E-state index in [1.807, 2.05) is 18.2 Å². The summed E-state index contributed by atoms with van der Waals surface area (Å²) < 4.78 is 0. The van der Waals surface area contributed by atoms with Gasteiger partial charge in [-0.15, -0.1) is 0 Å². The van der Waals surface area contributed by atoms with Gasteiger partial charge in [0.2, 0.25) is 0 Å². The van der Waals surface area contributed by atoms with Gasteiger partial charge in [0.25, 0.3) is 0 Å². The van der Waals surface area contributed by atoms with Crippen LogP contribution in [0.2, 0.25) is 5.02 Å². The van der Waals surface area contributed by atoms with Gasteiger partial charge >= 0.3 is 5.97 Å². The third-order valence-corrected chi connectivity index (χ3v) is 4.51. The first kappa shape index (κ1) is 17.5. The van der Waals surface area contributed by atoms with Crippen LogP contribution in [0.15, 0.2) is 48.5 Å². The highest BCUT2D eigenvalue weighted by atomic mass is 35.5. The van der Waals surface area contributed by atoms with Crippen molar-refractivity contribution in [1.82, 2.24) is 9.88 Å². The predicted molar refractivity (Wildman–Crippen MR) is 100 cm³/mol. The topological polar surface area (TPSA) is 56.7 Å². The first-order valence-corrected chi connectivity index (χ1v) is 8.60. The summed E-state index contributed by atoms with van der Waals surface area (Å²) in [6.07, 6.45) is 4.31. The molecule has 1 aromatic heterocycles. The number of nitrogens with zero attached hydrogens (tertiary/aromatic N) is 3. The molecule has 0 atom stereocenters. The highest BCUT2D eigenvalue weighted by Gasteiger charge is 2.19. The highest BCUT2D eigenvalue weighted by Crippen LogP contribution is 2.20. The summed E-state index contributed by atoms with van der Waals surface area (Å²) >= 11 is 5.88. The van der Waals surface area contributed by atoms with Gasteiger partial charge in [0.05, 0.1) is 5.02 Å². The molecule has 2 heterocycles. The van der Waals surface area contributed by atoms with Crippen molar-refractivity contribution in [3.63, 3.8) is 0 Å². The molecule has 130 valence electrons. The largest absolute Gasteiger partial charge is 0.476 e. The number of pyridine rings is 1. The van der Waals surface area contributed by atoms with Gasteiger partial charge in [-0.2, -0.15) is 0 Å². The number of anilines is 1. The van der Waals surface area contributed by atoms with Crippen molar-refractivity contribution in [3.8, 4) is 0 Å². The van der Waals surface area contributed by atoms with E-state index < -0.39 is 5.97 Å². The fourth-order valence-electron chi connectivity index (χ4n) is 2.82. The molecule has 5 nitrogen and oxygen atoms in total. The van der Waals surface area contributed by atoms with Gasteiger partial charge in [0.1, 0.15) is 5.82 Å². The fraction of sp³-hybridized carbons (Fsp3) is 0.263. The number of piperazine rings is 1. The summed E-state index contributed by atoms with van der Waals surface area (Å²) in [5.74, 6) is -0.433. The number of aromatic carboxylic acids is 1. The Morgan fingerprint density at radius 3 is 2.52 bits per heavy atom. The Bertz CT molecular complexity index is 757. The first-order chi connectivity index (χ1) is 12.1. The maximum atomic E-state index is 11.2. The zero-order chi connectivity index (χ0) is 17.6. The molecule has 0 saturated carbocycles. The number of carboxylic acids is 1. The fourth-order valence-corrected chi connectivity index (χ4v) is 3.01. The lowest BCUT2D eigenvalue weighted by Gasteiger charge is -2.35. The van der Waals surface area contributed by atoms with E-state index in [1.165, 1.54) is 5.56 Å². The SMILES string of the molecule is O=C(O)c1nc(N2CCN(C/C=C/c3ccccc3)CC2)ccc1Cl. The molecule has 0 radical (unpaired) electrons. The zero-order valence-electron chi connectivity index (χ0n) is 13.8.